The van der Waals surface area contributed by atoms with Gasteiger partial charge in [0.25, 0.3) is 0 Å². The van der Waals surface area contributed by atoms with Crippen molar-refractivity contribution in [2.75, 3.05) is 18.1 Å². The molecule has 1 rings (SSSR count). The Morgan fingerprint density at radius 1 is 1.24 bits per heavy atom. The van der Waals surface area contributed by atoms with E-state index in [-0.39, 0.29) is 5.54 Å². The molecule has 0 saturated heterocycles. The number of rotatable bonds is 7. The molecule has 0 heterocycles. The third-order valence-corrected chi connectivity index (χ3v) is 4.32. The summed E-state index contributed by atoms with van der Waals surface area (Å²) in [7, 11) is 0. The molecule has 17 heavy (non-hydrogen) atoms. The van der Waals surface area contributed by atoms with Gasteiger partial charge in [0.05, 0.1) is 0 Å². The smallest absolute Gasteiger partial charge is 0.0377 e. The fraction of sp³-hybridized carbons (Fsp3) is 0.571. The Kier molecular flexibility index (Phi) is 6.60. The van der Waals surface area contributed by atoms with Gasteiger partial charge in [-0.25, -0.2) is 0 Å². The molecule has 0 fully saturated rings. The Hall–Kier alpha value is 0.01000. The lowest BCUT2D eigenvalue weighted by Crippen LogP contribution is -2.37. The van der Waals surface area contributed by atoms with Crippen molar-refractivity contribution in [1.82, 2.24) is 5.32 Å². The lowest BCUT2D eigenvalue weighted by Gasteiger charge is -2.27. The third kappa shape index (κ3) is 5.45. The van der Waals surface area contributed by atoms with Gasteiger partial charge in [-0.3, -0.25) is 0 Å². The summed E-state index contributed by atoms with van der Waals surface area (Å²) in [6.07, 6.45) is 1.23. The summed E-state index contributed by atoms with van der Waals surface area (Å²) in [6, 6.07) is 8.56. The van der Waals surface area contributed by atoms with E-state index in [1.165, 1.54) is 23.5 Å². The summed E-state index contributed by atoms with van der Waals surface area (Å²) >= 11 is 5.48. The largest absolute Gasteiger partial charge is 0.308 e. The number of hydrogen-bond donors (Lipinski definition) is 1. The van der Waals surface area contributed by atoms with Crippen molar-refractivity contribution in [2.24, 2.45) is 0 Å². The van der Waals surface area contributed by atoms with E-state index in [4.69, 9.17) is 0 Å². The molecule has 0 radical (unpaired) electrons. The second-order valence-corrected chi connectivity index (χ2v) is 6.92. The summed E-state index contributed by atoms with van der Waals surface area (Å²) in [5, 5.41) is 3.63. The molecule has 1 aromatic rings. The average Bonchev–Trinajstić information content (AvgIpc) is 2.29. The number of halogens is 1. The topological polar surface area (TPSA) is 12.0 Å². The molecule has 0 aliphatic carbocycles. The van der Waals surface area contributed by atoms with E-state index in [1.54, 1.807) is 0 Å². The molecule has 0 unspecified atom stereocenters. The van der Waals surface area contributed by atoms with Crippen LogP contribution in [-0.4, -0.2) is 18.1 Å². The molecule has 1 aromatic carbocycles. The normalized spacial score (nSPS) is 11.8. The van der Waals surface area contributed by atoms with Crippen LogP contribution in [0.2, 0.25) is 0 Å². The molecule has 0 atom stereocenters. The van der Waals surface area contributed by atoms with Gasteiger partial charge in [0.2, 0.25) is 0 Å². The van der Waals surface area contributed by atoms with E-state index in [2.05, 4.69) is 66.3 Å². The maximum Gasteiger partial charge on any atom is 0.0377 e. The van der Waals surface area contributed by atoms with Crippen LogP contribution in [0.1, 0.15) is 32.8 Å². The van der Waals surface area contributed by atoms with Crippen LogP contribution in [0.15, 0.2) is 28.7 Å². The van der Waals surface area contributed by atoms with Crippen molar-refractivity contribution in [3.63, 3.8) is 0 Å². The minimum atomic E-state index is 0.0532. The SMILES string of the molecule is CCSCCCNC(C)(C)c1ccc(Br)cc1. The van der Waals surface area contributed by atoms with Crippen LogP contribution >= 0.6 is 27.7 Å². The quantitative estimate of drug-likeness (QED) is 0.748. The third-order valence-electron chi connectivity index (χ3n) is 2.80. The van der Waals surface area contributed by atoms with E-state index in [1.807, 2.05) is 11.8 Å². The van der Waals surface area contributed by atoms with Crippen molar-refractivity contribution in [3.05, 3.63) is 34.3 Å². The second kappa shape index (κ2) is 7.45. The van der Waals surface area contributed by atoms with Crippen molar-refractivity contribution in [2.45, 2.75) is 32.7 Å². The van der Waals surface area contributed by atoms with Crippen LogP contribution in [0.25, 0.3) is 0 Å². The zero-order chi connectivity index (χ0) is 12.7. The van der Waals surface area contributed by atoms with Crippen molar-refractivity contribution >= 4 is 27.7 Å². The lowest BCUT2D eigenvalue weighted by molar-refractivity contribution is 0.405. The first kappa shape index (κ1) is 15.1. The zero-order valence-electron chi connectivity index (χ0n) is 10.9. The first-order valence-corrected chi connectivity index (χ1v) is 8.10. The van der Waals surface area contributed by atoms with E-state index in [0.717, 1.165) is 11.0 Å². The Morgan fingerprint density at radius 2 is 1.88 bits per heavy atom. The van der Waals surface area contributed by atoms with Gasteiger partial charge < -0.3 is 5.32 Å². The first-order chi connectivity index (χ1) is 8.06. The van der Waals surface area contributed by atoms with Gasteiger partial charge in [-0.05, 0) is 56.0 Å². The highest BCUT2D eigenvalue weighted by Gasteiger charge is 2.18. The predicted molar refractivity (Wildman–Crippen MR) is 82.8 cm³/mol. The second-order valence-electron chi connectivity index (χ2n) is 4.61. The summed E-state index contributed by atoms with van der Waals surface area (Å²) < 4.78 is 1.14. The molecular formula is C14H22BrNS. The van der Waals surface area contributed by atoms with E-state index < -0.39 is 0 Å². The van der Waals surface area contributed by atoms with Gasteiger partial charge in [-0.2, -0.15) is 11.8 Å². The highest BCUT2D eigenvalue weighted by molar-refractivity contribution is 9.10. The molecule has 0 spiro atoms. The number of nitrogens with one attached hydrogen (secondary N) is 1. The monoisotopic (exact) mass is 315 g/mol. The Bertz CT molecular complexity index is 321. The maximum atomic E-state index is 3.63. The van der Waals surface area contributed by atoms with E-state index in [9.17, 15) is 0 Å². The fourth-order valence-corrected chi connectivity index (χ4v) is 2.59. The lowest BCUT2D eigenvalue weighted by atomic mass is 9.94. The molecular weight excluding hydrogens is 294 g/mol. The highest BCUT2D eigenvalue weighted by atomic mass is 79.9. The molecule has 0 aromatic heterocycles. The van der Waals surface area contributed by atoms with Crippen molar-refractivity contribution in [1.29, 1.82) is 0 Å². The zero-order valence-corrected chi connectivity index (χ0v) is 13.3. The molecule has 0 bridgehead atoms. The van der Waals surface area contributed by atoms with Crippen LogP contribution in [-0.2, 0) is 5.54 Å². The summed E-state index contributed by atoms with van der Waals surface area (Å²) in [5.74, 6) is 2.47. The summed E-state index contributed by atoms with van der Waals surface area (Å²) in [6.45, 7) is 7.77. The van der Waals surface area contributed by atoms with Gasteiger partial charge in [0, 0.05) is 10.0 Å². The Balaban J connectivity index is 2.42. The van der Waals surface area contributed by atoms with Gasteiger partial charge in [-0.15, -0.1) is 0 Å². The van der Waals surface area contributed by atoms with Crippen LogP contribution in [0.4, 0.5) is 0 Å². The first-order valence-electron chi connectivity index (χ1n) is 6.15. The highest BCUT2D eigenvalue weighted by Crippen LogP contribution is 2.22. The van der Waals surface area contributed by atoms with Gasteiger partial charge in [-0.1, -0.05) is 35.0 Å². The predicted octanol–water partition coefficient (Wildman–Crippen LogP) is 4.42. The number of benzene rings is 1. The molecule has 0 amide bonds. The molecule has 0 aliphatic heterocycles. The van der Waals surface area contributed by atoms with Gasteiger partial charge in [0.1, 0.15) is 0 Å². The summed E-state index contributed by atoms with van der Waals surface area (Å²) in [5.41, 5.74) is 1.39. The Labute approximate surface area is 118 Å². The minimum Gasteiger partial charge on any atom is -0.308 e. The van der Waals surface area contributed by atoms with Gasteiger partial charge >= 0.3 is 0 Å². The maximum absolute atomic E-state index is 3.63. The minimum absolute atomic E-state index is 0.0532. The van der Waals surface area contributed by atoms with Crippen LogP contribution in [0, 0.1) is 0 Å². The van der Waals surface area contributed by atoms with Crippen molar-refractivity contribution < 1.29 is 0 Å². The fourth-order valence-electron chi connectivity index (χ4n) is 1.69. The molecule has 1 N–H and O–H groups in total. The average molecular weight is 316 g/mol. The van der Waals surface area contributed by atoms with E-state index in [0.29, 0.717) is 0 Å². The number of thioether (sulfide) groups is 1. The molecule has 0 aliphatic rings. The number of hydrogen-bond acceptors (Lipinski definition) is 2. The van der Waals surface area contributed by atoms with Crippen LogP contribution in [0.5, 0.6) is 0 Å². The van der Waals surface area contributed by atoms with Crippen molar-refractivity contribution in [3.8, 4) is 0 Å². The molecule has 3 heteroatoms. The van der Waals surface area contributed by atoms with Gasteiger partial charge in [0.15, 0.2) is 0 Å². The van der Waals surface area contributed by atoms with Crippen LogP contribution in [0.3, 0.4) is 0 Å². The standard InChI is InChI=1S/C14H22BrNS/c1-4-17-11-5-10-16-14(2,3)12-6-8-13(15)9-7-12/h6-9,16H,4-5,10-11H2,1-3H3. The molecule has 96 valence electrons. The Morgan fingerprint density at radius 3 is 2.47 bits per heavy atom. The molecule has 0 saturated carbocycles. The van der Waals surface area contributed by atoms with E-state index >= 15 is 0 Å². The molecule has 1 nitrogen and oxygen atoms in total. The van der Waals surface area contributed by atoms with Crippen LogP contribution < -0.4 is 5.32 Å². The summed E-state index contributed by atoms with van der Waals surface area (Å²) in [4.78, 5) is 0.